The van der Waals surface area contributed by atoms with Crippen LogP contribution in [0.5, 0.6) is 0 Å². The average molecular weight is 231 g/mol. The molecule has 0 heterocycles. The van der Waals surface area contributed by atoms with E-state index in [9.17, 15) is 0 Å². The van der Waals surface area contributed by atoms with Gasteiger partial charge in [-0.25, -0.2) is 0 Å². The van der Waals surface area contributed by atoms with Crippen molar-refractivity contribution in [2.75, 3.05) is 26.9 Å². The Morgan fingerprint density at radius 2 is 1.88 bits per heavy atom. The maximum atomic E-state index is 9.01. The van der Waals surface area contributed by atoms with E-state index in [4.69, 9.17) is 9.84 Å². The molecule has 0 aromatic carbocycles. The molecule has 0 saturated carbocycles. The van der Waals surface area contributed by atoms with E-state index in [0.717, 1.165) is 26.0 Å². The SMILES string of the molecule is COCCC(C)NCC(CCO)CC(C)C. The van der Waals surface area contributed by atoms with E-state index in [1.165, 1.54) is 6.42 Å². The topological polar surface area (TPSA) is 41.5 Å². The van der Waals surface area contributed by atoms with Gasteiger partial charge < -0.3 is 15.2 Å². The summed E-state index contributed by atoms with van der Waals surface area (Å²) in [4.78, 5) is 0. The standard InChI is InChI=1S/C13H29NO2/c1-11(2)9-13(5-7-15)10-14-12(3)6-8-16-4/h11-15H,5-10H2,1-4H3. The van der Waals surface area contributed by atoms with Gasteiger partial charge in [-0.2, -0.15) is 0 Å². The molecule has 3 nitrogen and oxygen atoms in total. The van der Waals surface area contributed by atoms with Crippen molar-refractivity contribution in [2.24, 2.45) is 11.8 Å². The summed E-state index contributed by atoms with van der Waals surface area (Å²) >= 11 is 0. The van der Waals surface area contributed by atoms with Crippen LogP contribution in [0.3, 0.4) is 0 Å². The Labute approximate surface area is 101 Å². The summed E-state index contributed by atoms with van der Waals surface area (Å²) in [6.45, 7) is 8.76. The maximum absolute atomic E-state index is 9.01. The van der Waals surface area contributed by atoms with Gasteiger partial charge in [0.15, 0.2) is 0 Å². The van der Waals surface area contributed by atoms with Crippen molar-refractivity contribution in [1.29, 1.82) is 0 Å². The molecule has 0 spiro atoms. The van der Waals surface area contributed by atoms with E-state index in [-0.39, 0.29) is 0 Å². The number of ether oxygens (including phenoxy) is 1. The molecular weight excluding hydrogens is 202 g/mol. The van der Waals surface area contributed by atoms with Crippen molar-refractivity contribution >= 4 is 0 Å². The first-order valence-electron chi connectivity index (χ1n) is 6.43. The zero-order chi connectivity index (χ0) is 12.4. The number of rotatable bonds is 10. The summed E-state index contributed by atoms with van der Waals surface area (Å²) in [5, 5.41) is 12.5. The lowest BCUT2D eigenvalue weighted by atomic mass is 9.94. The molecule has 16 heavy (non-hydrogen) atoms. The zero-order valence-electron chi connectivity index (χ0n) is 11.3. The van der Waals surface area contributed by atoms with Gasteiger partial charge in [-0.1, -0.05) is 13.8 Å². The Kier molecular flexibility index (Phi) is 9.99. The van der Waals surface area contributed by atoms with Crippen molar-refractivity contribution in [2.45, 2.75) is 46.1 Å². The summed E-state index contributed by atoms with van der Waals surface area (Å²) < 4.78 is 5.05. The first-order chi connectivity index (χ1) is 7.60. The molecule has 0 saturated heterocycles. The van der Waals surface area contributed by atoms with Crippen LogP contribution in [0.2, 0.25) is 0 Å². The Balaban J connectivity index is 3.72. The first-order valence-corrected chi connectivity index (χ1v) is 6.43. The van der Waals surface area contributed by atoms with Gasteiger partial charge in [0.25, 0.3) is 0 Å². The highest BCUT2D eigenvalue weighted by Gasteiger charge is 2.11. The van der Waals surface area contributed by atoms with Crippen molar-refractivity contribution < 1.29 is 9.84 Å². The lowest BCUT2D eigenvalue weighted by molar-refractivity contribution is 0.181. The van der Waals surface area contributed by atoms with Crippen LogP contribution in [-0.4, -0.2) is 38.0 Å². The number of aliphatic hydroxyl groups is 1. The van der Waals surface area contributed by atoms with Crippen LogP contribution in [0.4, 0.5) is 0 Å². The Morgan fingerprint density at radius 3 is 2.38 bits per heavy atom. The van der Waals surface area contributed by atoms with Gasteiger partial charge >= 0.3 is 0 Å². The van der Waals surface area contributed by atoms with E-state index in [1.54, 1.807) is 7.11 Å². The first kappa shape index (κ1) is 15.9. The molecule has 0 amide bonds. The van der Waals surface area contributed by atoms with Crippen LogP contribution >= 0.6 is 0 Å². The average Bonchev–Trinajstić information content (AvgIpc) is 2.22. The molecule has 2 atom stereocenters. The summed E-state index contributed by atoms with van der Waals surface area (Å²) in [7, 11) is 1.74. The molecule has 0 aromatic rings. The lowest BCUT2D eigenvalue weighted by Gasteiger charge is -2.21. The Bertz CT molecular complexity index is 151. The highest BCUT2D eigenvalue weighted by Crippen LogP contribution is 2.14. The number of hydrogen-bond donors (Lipinski definition) is 2. The monoisotopic (exact) mass is 231 g/mol. The highest BCUT2D eigenvalue weighted by molar-refractivity contribution is 4.68. The van der Waals surface area contributed by atoms with Crippen molar-refractivity contribution in [3.63, 3.8) is 0 Å². The summed E-state index contributed by atoms with van der Waals surface area (Å²) in [6, 6.07) is 0.494. The third kappa shape index (κ3) is 9.13. The zero-order valence-corrected chi connectivity index (χ0v) is 11.3. The smallest absolute Gasteiger partial charge is 0.0476 e. The van der Waals surface area contributed by atoms with E-state index in [0.29, 0.717) is 24.5 Å². The van der Waals surface area contributed by atoms with Gasteiger partial charge in [0.1, 0.15) is 0 Å². The minimum absolute atomic E-state index is 0.297. The van der Waals surface area contributed by atoms with Crippen LogP contribution < -0.4 is 5.32 Å². The molecule has 0 radical (unpaired) electrons. The number of hydrogen-bond acceptors (Lipinski definition) is 3. The lowest BCUT2D eigenvalue weighted by Crippen LogP contribution is -2.32. The quantitative estimate of drug-likeness (QED) is 0.604. The van der Waals surface area contributed by atoms with Gasteiger partial charge in [0.2, 0.25) is 0 Å². The normalized spacial score (nSPS) is 15.4. The minimum Gasteiger partial charge on any atom is -0.396 e. The van der Waals surface area contributed by atoms with E-state index in [2.05, 4.69) is 26.1 Å². The Morgan fingerprint density at radius 1 is 1.19 bits per heavy atom. The second-order valence-corrected chi connectivity index (χ2v) is 5.10. The molecule has 0 aromatic heterocycles. The number of aliphatic hydroxyl groups excluding tert-OH is 1. The van der Waals surface area contributed by atoms with Crippen LogP contribution in [0, 0.1) is 11.8 Å². The molecule has 0 aliphatic carbocycles. The molecule has 2 N–H and O–H groups in total. The molecule has 0 bridgehead atoms. The van der Waals surface area contributed by atoms with Gasteiger partial charge in [-0.3, -0.25) is 0 Å². The fourth-order valence-corrected chi connectivity index (χ4v) is 1.92. The second-order valence-electron chi connectivity index (χ2n) is 5.10. The predicted molar refractivity (Wildman–Crippen MR) is 68.6 cm³/mol. The Hall–Kier alpha value is -0.120. The highest BCUT2D eigenvalue weighted by atomic mass is 16.5. The van der Waals surface area contributed by atoms with Crippen LogP contribution in [0.1, 0.15) is 40.0 Å². The summed E-state index contributed by atoms with van der Waals surface area (Å²) in [5.74, 6) is 1.29. The fraction of sp³-hybridized carbons (Fsp3) is 1.00. The molecule has 0 rings (SSSR count). The molecular formula is C13H29NO2. The van der Waals surface area contributed by atoms with E-state index < -0.39 is 0 Å². The molecule has 98 valence electrons. The summed E-state index contributed by atoms with van der Waals surface area (Å²) in [6.07, 6.45) is 3.14. The molecule has 0 aliphatic rings. The molecule has 2 unspecified atom stereocenters. The second kappa shape index (κ2) is 10.1. The molecule has 3 heteroatoms. The largest absolute Gasteiger partial charge is 0.396 e. The van der Waals surface area contributed by atoms with Gasteiger partial charge in [-0.15, -0.1) is 0 Å². The fourth-order valence-electron chi connectivity index (χ4n) is 1.92. The predicted octanol–water partition coefficient (Wildman–Crippen LogP) is 2.05. The van der Waals surface area contributed by atoms with E-state index >= 15 is 0 Å². The number of methoxy groups -OCH3 is 1. The van der Waals surface area contributed by atoms with Gasteiger partial charge in [-0.05, 0) is 44.6 Å². The van der Waals surface area contributed by atoms with Gasteiger partial charge in [0, 0.05) is 26.4 Å². The van der Waals surface area contributed by atoms with Crippen LogP contribution in [-0.2, 0) is 4.74 Å². The minimum atomic E-state index is 0.297. The van der Waals surface area contributed by atoms with Crippen molar-refractivity contribution in [1.82, 2.24) is 5.32 Å². The van der Waals surface area contributed by atoms with Crippen LogP contribution in [0.25, 0.3) is 0 Å². The molecule has 0 aliphatic heterocycles. The van der Waals surface area contributed by atoms with Gasteiger partial charge in [0.05, 0.1) is 0 Å². The maximum Gasteiger partial charge on any atom is 0.0476 e. The van der Waals surface area contributed by atoms with E-state index in [1.807, 2.05) is 0 Å². The molecule has 0 fully saturated rings. The van der Waals surface area contributed by atoms with Crippen LogP contribution in [0.15, 0.2) is 0 Å². The van der Waals surface area contributed by atoms with Crippen molar-refractivity contribution in [3.05, 3.63) is 0 Å². The van der Waals surface area contributed by atoms with Crippen molar-refractivity contribution in [3.8, 4) is 0 Å². The third-order valence-corrected chi connectivity index (χ3v) is 2.85. The third-order valence-electron chi connectivity index (χ3n) is 2.85. The summed E-state index contributed by atoms with van der Waals surface area (Å²) in [5.41, 5.74) is 0. The number of nitrogens with one attached hydrogen (secondary N) is 1.